The van der Waals surface area contributed by atoms with E-state index >= 15 is 0 Å². The fourth-order valence-corrected chi connectivity index (χ4v) is 4.32. The Morgan fingerprint density at radius 2 is 1.41 bits per heavy atom. The summed E-state index contributed by atoms with van der Waals surface area (Å²) in [5, 5.41) is 11.6. The SMILES string of the molecule is O=C1/C(=C\c2cccc(O)c2)N=C(c2ccccc2)N1n1c(-c2ccccc2)nc2ccccc2c1=O. The van der Waals surface area contributed by atoms with Crippen molar-refractivity contribution >= 4 is 28.7 Å². The van der Waals surface area contributed by atoms with Crippen LogP contribution in [0.15, 0.2) is 125 Å². The van der Waals surface area contributed by atoms with Gasteiger partial charge >= 0.3 is 0 Å². The third kappa shape index (κ3) is 3.98. The van der Waals surface area contributed by atoms with Crippen molar-refractivity contribution in [2.45, 2.75) is 0 Å². The van der Waals surface area contributed by atoms with Crippen LogP contribution in [0.1, 0.15) is 11.1 Å². The van der Waals surface area contributed by atoms with Crippen LogP contribution < -0.4 is 10.6 Å². The summed E-state index contributed by atoms with van der Waals surface area (Å²) < 4.78 is 1.30. The minimum Gasteiger partial charge on any atom is -0.508 e. The van der Waals surface area contributed by atoms with E-state index in [2.05, 4.69) is 4.99 Å². The van der Waals surface area contributed by atoms with Crippen LogP contribution >= 0.6 is 0 Å². The first kappa shape index (κ1) is 22.2. The molecule has 37 heavy (non-hydrogen) atoms. The number of amidine groups is 1. The number of hydrogen-bond donors (Lipinski definition) is 1. The summed E-state index contributed by atoms with van der Waals surface area (Å²) in [4.78, 5) is 37.4. The van der Waals surface area contributed by atoms with Crippen molar-refractivity contribution in [2.75, 3.05) is 5.01 Å². The van der Waals surface area contributed by atoms with Gasteiger partial charge in [0, 0.05) is 11.1 Å². The molecule has 178 valence electrons. The average molecular weight is 485 g/mol. The molecule has 7 nitrogen and oxygen atoms in total. The number of carbonyl (C=O) groups is 1. The number of amides is 1. The zero-order valence-electron chi connectivity index (χ0n) is 19.5. The van der Waals surface area contributed by atoms with Gasteiger partial charge in [0.25, 0.3) is 11.5 Å². The van der Waals surface area contributed by atoms with E-state index in [1.54, 1.807) is 48.5 Å². The summed E-state index contributed by atoms with van der Waals surface area (Å²) in [6.07, 6.45) is 1.59. The lowest BCUT2D eigenvalue weighted by atomic mass is 10.1. The van der Waals surface area contributed by atoms with E-state index in [0.717, 1.165) is 0 Å². The second-order valence-electron chi connectivity index (χ2n) is 8.48. The van der Waals surface area contributed by atoms with E-state index in [1.807, 2.05) is 66.7 Å². The van der Waals surface area contributed by atoms with Crippen molar-refractivity contribution in [3.8, 4) is 17.1 Å². The predicted octanol–water partition coefficient (Wildman–Crippen LogP) is 4.74. The van der Waals surface area contributed by atoms with Gasteiger partial charge in [-0.15, -0.1) is 0 Å². The lowest BCUT2D eigenvalue weighted by molar-refractivity contribution is -0.115. The van der Waals surface area contributed by atoms with E-state index in [4.69, 9.17) is 4.98 Å². The van der Waals surface area contributed by atoms with Crippen LogP contribution in [-0.4, -0.2) is 26.5 Å². The van der Waals surface area contributed by atoms with Gasteiger partial charge in [0.1, 0.15) is 11.4 Å². The molecule has 0 radical (unpaired) electrons. The monoisotopic (exact) mass is 484 g/mol. The van der Waals surface area contributed by atoms with Crippen LogP contribution in [0.5, 0.6) is 5.75 Å². The Morgan fingerprint density at radius 1 is 0.730 bits per heavy atom. The average Bonchev–Trinajstić information content (AvgIpc) is 3.25. The van der Waals surface area contributed by atoms with Crippen LogP contribution in [0.2, 0.25) is 0 Å². The molecule has 1 N–H and O–H groups in total. The maximum atomic E-state index is 14.0. The van der Waals surface area contributed by atoms with E-state index in [-0.39, 0.29) is 17.0 Å². The molecule has 0 saturated heterocycles. The Bertz CT molecular complexity index is 1770. The summed E-state index contributed by atoms with van der Waals surface area (Å²) in [7, 11) is 0. The first-order chi connectivity index (χ1) is 18.1. The molecule has 0 bridgehead atoms. The Balaban J connectivity index is 1.63. The Morgan fingerprint density at radius 3 is 2.14 bits per heavy atom. The van der Waals surface area contributed by atoms with Crippen LogP contribution in [0.25, 0.3) is 28.4 Å². The number of aliphatic imine (C=N–C) groups is 1. The van der Waals surface area contributed by atoms with E-state index < -0.39 is 5.91 Å². The highest BCUT2D eigenvalue weighted by Gasteiger charge is 2.35. The van der Waals surface area contributed by atoms with Crippen molar-refractivity contribution < 1.29 is 9.90 Å². The Labute approximate surface area is 211 Å². The molecule has 2 heterocycles. The smallest absolute Gasteiger partial charge is 0.297 e. The molecular weight excluding hydrogens is 464 g/mol. The van der Waals surface area contributed by atoms with E-state index in [0.29, 0.717) is 39.3 Å². The molecule has 0 saturated carbocycles. The summed E-state index contributed by atoms with van der Waals surface area (Å²) in [5.74, 6) is 0.206. The second kappa shape index (κ2) is 9.05. The maximum Gasteiger partial charge on any atom is 0.297 e. The van der Waals surface area contributed by atoms with Gasteiger partial charge in [0.05, 0.1) is 10.9 Å². The minimum absolute atomic E-state index is 0.0743. The molecule has 0 fully saturated rings. The van der Waals surface area contributed by atoms with Crippen molar-refractivity contribution in [1.82, 2.24) is 9.66 Å². The molecule has 1 aliphatic rings. The molecule has 0 atom stereocenters. The number of aromatic nitrogens is 2. The third-order valence-corrected chi connectivity index (χ3v) is 6.03. The summed E-state index contributed by atoms with van der Waals surface area (Å²) in [6, 6.07) is 32.1. The number of hydrogen-bond acceptors (Lipinski definition) is 5. The molecule has 1 aromatic heterocycles. The van der Waals surface area contributed by atoms with E-state index in [9.17, 15) is 14.7 Å². The zero-order valence-corrected chi connectivity index (χ0v) is 19.5. The number of para-hydroxylation sites is 1. The summed E-state index contributed by atoms with van der Waals surface area (Å²) in [6.45, 7) is 0. The Kier molecular flexibility index (Phi) is 5.43. The molecule has 6 rings (SSSR count). The molecule has 0 spiro atoms. The minimum atomic E-state index is -0.487. The maximum absolute atomic E-state index is 14.0. The molecule has 1 amide bonds. The first-order valence-corrected chi connectivity index (χ1v) is 11.7. The van der Waals surface area contributed by atoms with Crippen molar-refractivity contribution in [1.29, 1.82) is 0 Å². The molecule has 7 heteroatoms. The van der Waals surface area contributed by atoms with Gasteiger partial charge in [-0.3, -0.25) is 9.59 Å². The van der Waals surface area contributed by atoms with Gasteiger partial charge in [0.15, 0.2) is 11.7 Å². The van der Waals surface area contributed by atoms with Crippen LogP contribution in [0, 0.1) is 0 Å². The predicted molar refractivity (Wildman–Crippen MR) is 144 cm³/mol. The first-order valence-electron chi connectivity index (χ1n) is 11.7. The number of phenols is 1. The largest absolute Gasteiger partial charge is 0.508 e. The van der Waals surface area contributed by atoms with Gasteiger partial charge in [0.2, 0.25) is 0 Å². The fraction of sp³-hybridized carbons (Fsp3) is 0. The number of benzene rings is 4. The quantitative estimate of drug-likeness (QED) is 0.374. The summed E-state index contributed by atoms with van der Waals surface area (Å²) in [5.41, 5.74) is 2.21. The zero-order chi connectivity index (χ0) is 25.4. The molecule has 0 unspecified atom stereocenters. The van der Waals surface area contributed by atoms with Gasteiger partial charge < -0.3 is 5.11 Å². The highest BCUT2D eigenvalue weighted by atomic mass is 16.3. The molecule has 5 aromatic rings. The van der Waals surface area contributed by atoms with E-state index in [1.165, 1.54) is 9.69 Å². The topological polar surface area (TPSA) is 87.8 Å². The Hall–Kier alpha value is -5.30. The van der Waals surface area contributed by atoms with Crippen molar-refractivity contribution in [3.63, 3.8) is 0 Å². The van der Waals surface area contributed by atoms with Gasteiger partial charge in [-0.1, -0.05) is 84.9 Å². The number of carbonyl (C=O) groups excluding carboxylic acids is 1. The summed E-state index contributed by atoms with van der Waals surface area (Å²) >= 11 is 0. The number of phenolic OH excluding ortho intramolecular Hbond substituents is 1. The van der Waals surface area contributed by atoms with Gasteiger partial charge in [-0.2, -0.15) is 9.69 Å². The lowest BCUT2D eigenvalue weighted by Crippen LogP contribution is -2.49. The van der Waals surface area contributed by atoms with Gasteiger partial charge in [-0.25, -0.2) is 9.98 Å². The second-order valence-corrected chi connectivity index (χ2v) is 8.48. The number of aromatic hydroxyl groups is 1. The number of nitrogens with zero attached hydrogens (tertiary/aromatic N) is 4. The number of fused-ring (bicyclic) bond motifs is 1. The molecular formula is C30H20N4O3. The molecule has 0 aliphatic carbocycles. The van der Waals surface area contributed by atoms with Crippen LogP contribution in [0.3, 0.4) is 0 Å². The molecule has 4 aromatic carbocycles. The van der Waals surface area contributed by atoms with Crippen molar-refractivity contribution in [3.05, 3.63) is 136 Å². The highest BCUT2D eigenvalue weighted by molar-refractivity contribution is 6.29. The highest BCUT2D eigenvalue weighted by Crippen LogP contribution is 2.26. The fourth-order valence-electron chi connectivity index (χ4n) is 4.32. The molecule has 1 aliphatic heterocycles. The van der Waals surface area contributed by atoms with Crippen LogP contribution in [0.4, 0.5) is 0 Å². The van der Waals surface area contributed by atoms with Crippen molar-refractivity contribution in [2.24, 2.45) is 4.99 Å². The normalized spacial score (nSPS) is 14.4. The standard InChI is InChI=1S/C30H20N4O3/c35-23-15-9-10-20(18-23)19-26-30(37)34(28(32-26)22-13-5-2-6-14-22)33-27(21-11-3-1-4-12-21)31-25-17-8-7-16-24(25)29(33)36/h1-19,35H/b26-19+. The van der Waals surface area contributed by atoms with Gasteiger partial charge in [-0.05, 0) is 35.9 Å². The third-order valence-electron chi connectivity index (χ3n) is 6.03. The van der Waals surface area contributed by atoms with Crippen LogP contribution in [-0.2, 0) is 4.79 Å². The lowest BCUT2D eigenvalue weighted by Gasteiger charge is -2.23. The number of rotatable bonds is 4.